The van der Waals surface area contributed by atoms with Gasteiger partial charge in [0, 0.05) is 11.8 Å². The SMILES string of the molecule is O=C(CSCc1ccc(Cl)c(Cl)c1)NC1CCCCCCC1. The first-order chi connectivity index (χ1) is 10.6. The summed E-state index contributed by atoms with van der Waals surface area (Å²) in [6.45, 7) is 0. The van der Waals surface area contributed by atoms with E-state index < -0.39 is 0 Å². The summed E-state index contributed by atoms with van der Waals surface area (Å²) >= 11 is 13.5. The van der Waals surface area contributed by atoms with Crippen LogP contribution in [0.4, 0.5) is 0 Å². The minimum absolute atomic E-state index is 0.149. The van der Waals surface area contributed by atoms with Crippen LogP contribution in [0, 0.1) is 0 Å². The highest BCUT2D eigenvalue weighted by atomic mass is 35.5. The standard InChI is InChI=1S/C17H23Cl2NOS/c18-15-9-8-13(10-16(15)19)11-22-12-17(21)20-14-6-4-2-1-3-5-7-14/h8-10,14H,1-7,11-12H2,(H,20,21). The van der Waals surface area contributed by atoms with Gasteiger partial charge in [-0.15, -0.1) is 11.8 Å². The van der Waals surface area contributed by atoms with Gasteiger partial charge in [0.05, 0.1) is 15.8 Å². The van der Waals surface area contributed by atoms with Crippen LogP contribution in [0.1, 0.15) is 50.5 Å². The van der Waals surface area contributed by atoms with Gasteiger partial charge in [-0.2, -0.15) is 0 Å². The molecular formula is C17H23Cl2NOS. The number of hydrogen-bond acceptors (Lipinski definition) is 2. The second-order valence-corrected chi connectivity index (χ2v) is 7.65. The van der Waals surface area contributed by atoms with E-state index in [1.165, 1.54) is 32.1 Å². The summed E-state index contributed by atoms with van der Waals surface area (Å²) in [5, 5.41) is 4.32. The monoisotopic (exact) mass is 359 g/mol. The molecule has 0 saturated heterocycles. The van der Waals surface area contributed by atoms with Gasteiger partial charge in [0.15, 0.2) is 0 Å². The molecule has 1 aliphatic carbocycles. The minimum Gasteiger partial charge on any atom is -0.353 e. The smallest absolute Gasteiger partial charge is 0.230 e. The van der Waals surface area contributed by atoms with Gasteiger partial charge in [-0.3, -0.25) is 4.79 Å². The quantitative estimate of drug-likeness (QED) is 0.756. The molecule has 1 N–H and O–H groups in total. The van der Waals surface area contributed by atoms with Crippen molar-refractivity contribution in [2.24, 2.45) is 0 Å². The van der Waals surface area contributed by atoms with Gasteiger partial charge in [-0.05, 0) is 30.5 Å². The van der Waals surface area contributed by atoms with Crippen LogP contribution in [0.2, 0.25) is 10.0 Å². The van der Waals surface area contributed by atoms with Crippen LogP contribution in [0.15, 0.2) is 18.2 Å². The van der Waals surface area contributed by atoms with Crippen LogP contribution in [-0.4, -0.2) is 17.7 Å². The molecule has 1 fully saturated rings. The van der Waals surface area contributed by atoms with E-state index in [0.29, 0.717) is 21.8 Å². The molecule has 1 amide bonds. The summed E-state index contributed by atoms with van der Waals surface area (Å²) in [5.41, 5.74) is 1.10. The Morgan fingerprint density at radius 2 is 1.77 bits per heavy atom. The van der Waals surface area contributed by atoms with Crippen molar-refractivity contribution in [3.63, 3.8) is 0 Å². The molecule has 0 heterocycles. The van der Waals surface area contributed by atoms with E-state index in [2.05, 4.69) is 5.32 Å². The van der Waals surface area contributed by atoms with Crippen molar-refractivity contribution < 1.29 is 4.79 Å². The van der Waals surface area contributed by atoms with Crippen molar-refractivity contribution in [2.45, 2.75) is 56.7 Å². The van der Waals surface area contributed by atoms with Gasteiger partial charge in [0.2, 0.25) is 5.91 Å². The number of benzene rings is 1. The summed E-state index contributed by atoms with van der Waals surface area (Å²) in [7, 11) is 0. The summed E-state index contributed by atoms with van der Waals surface area (Å²) in [6, 6.07) is 5.99. The molecule has 1 aromatic rings. The molecule has 22 heavy (non-hydrogen) atoms. The van der Waals surface area contributed by atoms with Gasteiger partial charge in [-0.25, -0.2) is 0 Å². The van der Waals surface area contributed by atoms with E-state index >= 15 is 0 Å². The number of amides is 1. The zero-order valence-electron chi connectivity index (χ0n) is 12.7. The summed E-state index contributed by atoms with van der Waals surface area (Å²) in [5.74, 6) is 1.42. The van der Waals surface area contributed by atoms with Crippen molar-refractivity contribution in [3.05, 3.63) is 33.8 Å². The number of carbonyl (C=O) groups excluding carboxylic acids is 1. The fraction of sp³-hybridized carbons (Fsp3) is 0.588. The van der Waals surface area contributed by atoms with Crippen molar-refractivity contribution in [1.82, 2.24) is 5.32 Å². The highest BCUT2D eigenvalue weighted by Crippen LogP contribution is 2.24. The topological polar surface area (TPSA) is 29.1 Å². The molecular weight excluding hydrogens is 337 g/mol. The van der Waals surface area contributed by atoms with E-state index in [4.69, 9.17) is 23.2 Å². The number of hydrogen-bond donors (Lipinski definition) is 1. The molecule has 122 valence electrons. The Morgan fingerprint density at radius 1 is 1.09 bits per heavy atom. The predicted molar refractivity (Wildman–Crippen MR) is 96.9 cm³/mol. The third kappa shape index (κ3) is 6.39. The van der Waals surface area contributed by atoms with Crippen LogP contribution in [0.25, 0.3) is 0 Å². The summed E-state index contributed by atoms with van der Waals surface area (Å²) < 4.78 is 0. The molecule has 0 aromatic heterocycles. The average molecular weight is 360 g/mol. The second kappa shape index (κ2) is 9.69. The van der Waals surface area contributed by atoms with E-state index in [1.807, 2.05) is 12.1 Å². The normalized spacial score (nSPS) is 16.8. The molecule has 0 spiro atoms. The molecule has 5 heteroatoms. The average Bonchev–Trinajstić information content (AvgIpc) is 2.45. The highest BCUT2D eigenvalue weighted by molar-refractivity contribution is 7.99. The zero-order chi connectivity index (χ0) is 15.8. The van der Waals surface area contributed by atoms with Crippen molar-refractivity contribution >= 4 is 40.9 Å². The van der Waals surface area contributed by atoms with Gasteiger partial charge in [0.1, 0.15) is 0 Å². The largest absolute Gasteiger partial charge is 0.353 e. The molecule has 0 radical (unpaired) electrons. The van der Waals surface area contributed by atoms with Crippen molar-refractivity contribution in [3.8, 4) is 0 Å². The van der Waals surface area contributed by atoms with E-state index in [-0.39, 0.29) is 5.91 Å². The van der Waals surface area contributed by atoms with Crippen LogP contribution >= 0.6 is 35.0 Å². The first kappa shape index (κ1) is 18.0. The van der Waals surface area contributed by atoms with Gasteiger partial charge in [0.25, 0.3) is 0 Å². The Bertz CT molecular complexity index is 488. The molecule has 0 unspecified atom stereocenters. The molecule has 1 aromatic carbocycles. The Morgan fingerprint density at radius 3 is 2.45 bits per heavy atom. The van der Waals surface area contributed by atoms with Crippen molar-refractivity contribution in [2.75, 3.05) is 5.75 Å². The number of thioether (sulfide) groups is 1. The van der Waals surface area contributed by atoms with Crippen LogP contribution < -0.4 is 5.32 Å². The lowest BCUT2D eigenvalue weighted by molar-refractivity contribution is -0.119. The van der Waals surface area contributed by atoms with E-state index in [9.17, 15) is 4.79 Å². The fourth-order valence-corrected chi connectivity index (χ4v) is 3.87. The van der Waals surface area contributed by atoms with Gasteiger partial charge < -0.3 is 5.32 Å². The maximum Gasteiger partial charge on any atom is 0.230 e. The van der Waals surface area contributed by atoms with Gasteiger partial charge in [-0.1, -0.05) is 61.4 Å². The third-order valence-electron chi connectivity index (χ3n) is 3.96. The lowest BCUT2D eigenvalue weighted by Crippen LogP contribution is -2.36. The number of halogens is 2. The summed E-state index contributed by atoms with van der Waals surface area (Å²) in [6.07, 6.45) is 8.69. The molecule has 1 saturated carbocycles. The first-order valence-corrected chi connectivity index (χ1v) is 9.87. The maximum absolute atomic E-state index is 12.0. The lowest BCUT2D eigenvalue weighted by Gasteiger charge is -2.20. The molecule has 2 nitrogen and oxygen atoms in total. The predicted octanol–water partition coefficient (Wildman–Crippen LogP) is 5.46. The van der Waals surface area contributed by atoms with Crippen LogP contribution in [-0.2, 0) is 10.5 Å². The van der Waals surface area contributed by atoms with Crippen LogP contribution in [0.5, 0.6) is 0 Å². The Labute approximate surface area is 147 Å². The highest BCUT2D eigenvalue weighted by Gasteiger charge is 2.13. The molecule has 0 atom stereocenters. The summed E-state index contributed by atoms with van der Waals surface area (Å²) in [4.78, 5) is 12.0. The Hall–Kier alpha value is -0.380. The van der Waals surface area contributed by atoms with E-state index in [1.54, 1.807) is 17.8 Å². The van der Waals surface area contributed by atoms with Crippen LogP contribution in [0.3, 0.4) is 0 Å². The lowest BCUT2D eigenvalue weighted by atomic mass is 9.97. The van der Waals surface area contributed by atoms with E-state index in [0.717, 1.165) is 24.2 Å². The van der Waals surface area contributed by atoms with Crippen molar-refractivity contribution in [1.29, 1.82) is 0 Å². The fourth-order valence-electron chi connectivity index (χ4n) is 2.76. The second-order valence-electron chi connectivity index (χ2n) is 5.85. The van der Waals surface area contributed by atoms with Gasteiger partial charge >= 0.3 is 0 Å². The molecule has 0 aliphatic heterocycles. The minimum atomic E-state index is 0.149. The first-order valence-electron chi connectivity index (χ1n) is 7.96. The molecule has 1 aliphatic rings. The number of carbonyl (C=O) groups is 1. The Balaban J connectivity index is 1.69. The number of rotatable bonds is 5. The maximum atomic E-state index is 12.0. The number of nitrogens with one attached hydrogen (secondary N) is 1. The molecule has 0 bridgehead atoms. The zero-order valence-corrected chi connectivity index (χ0v) is 15.1. The molecule has 2 rings (SSSR count). The third-order valence-corrected chi connectivity index (χ3v) is 5.70. The Kier molecular flexibility index (Phi) is 7.91.